The van der Waals surface area contributed by atoms with Gasteiger partial charge in [0.1, 0.15) is 11.4 Å². The summed E-state index contributed by atoms with van der Waals surface area (Å²) in [7, 11) is -2.06. The Morgan fingerprint density at radius 2 is 2.00 bits per heavy atom. The molecule has 11 heteroatoms. The van der Waals surface area contributed by atoms with E-state index < -0.39 is 27.2 Å². The van der Waals surface area contributed by atoms with Crippen molar-refractivity contribution in [1.82, 2.24) is 19.9 Å². The normalized spacial score (nSPS) is 16.6. The molecule has 8 nitrogen and oxygen atoms in total. The number of hydrogen-bond acceptors (Lipinski definition) is 5. The number of likely N-dealkylation sites (tertiary alicyclic amines) is 1. The number of pyridine rings is 1. The fourth-order valence-electron chi connectivity index (χ4n) is 4.25. The van der Waals surface area contributed by atoms with Crippen LogP contribution >= 0.6 is 11.6 Å². The average molecular weight is 521 g/mol. The Hall–Kier alpha value is -2.79. The van der Waals surface area contributed by atoms with Gasteiger partial charge in [-0.3, -0.25) is 9.59 Å². The molecular formula is C24H26ClFN4O4S. The number of hydrogen-bond donors (Lipinski definition) is 3. The zero-order chi connectivity index (χ0) is 25.2. The summed E-state index contributed by atoms with van der Waals surface area (Å²) in [4.78, 5) is 30.0. The van der Waals surface area contributed by atoms with Crippen LogP contribution in [0.15, 0.2) is 52.3 Å². The number of aromatic amines is 1. The Morgan fingerprint density at radius 1 is 1.26 bits per heavy atom. The number of nitrogens with zero attached hydrogens (tertiary/aromatic N) is 1. The lowest BCUT2D eigenvalue weighted by Gasteiger charge is -2.19. The second-order valence-corrected chi connectivity index (χ2v) is 10.8. The molecule has 0 bridgehead atoms. The van der Waals surface area contributed by atoms with Crippen molar-refractivity contribution < 1.29 is 17.6 Å². The maximum Gasteiger partial charge on any atom is 0.257 e. The lowest BCUT2D eigenvalue weighted by molar-refractivity contribution is 0.0949. The van der Waals surface area contributed by atoms with E-state index in [1.807, 2.05) is 7.05 Å². The van der Waals surface area contributed by atoms with Crippen molar-refractivity contribution in [3.63, 3.8) is 0 Å². The first-order valence-corrected chi connectivity index (χ1v) is 13.1. The first-order chi connectivity index (χ1) is 16.7. The SMILES string of the molecule is CN1CCCC1CCNS(=O)(=O)c1cc(F)c2[nH]cc(C(=O)NCc3ccc(Cl)cc3)c(=O)c2c1. The summed E-state index contributed by atoms with van der Waals surface area (Å²) < 4.78 is 42.8. The number of H-pyrrole nitrogens is 1. The minimum Gasteiger partial charge on any atom is -0.358 e. The van der Waals surface area contributed by atoms with Crippen molar-refractivity contribution >= 4 is 38.4 Å². The zero-order valence-electron chi connectivity index (χ0n) is 19.1. The molecule has 1 aliphatic rings. The van der Waals surface area contributed by atoms with Crippen LogP contribution in [0.4, 0.5) is 4.39 Å². The maximum atomic E-state index is 14.7. The third-order valence-electron chi connectivity index (χ3n) is 6.28. The molecule has 3 N–H and O–H groups in total. The highest BCUT2D eigenvalue weighted by Crippen LogP contribution is 2.21. The summed E-state index contributed by atoms with van der Waals surface area (Å²) >= 11 is 5.85. The van der Waals surface area contributed by atoms with Crippen molar-refractivity contribution in [2.45, 2.75) is 36.7 Å². The van der Waals surface area contributed by atoms with E-state index in [9.17, 15) is 22.4 Å². The Kier molecular flexibility index (Phi) is 7.56. The van der Waals surface area contributed by atoms with Crippen LogP contribution in [0.1, 0.15) is 35.2 Å². The average Bonchev–Trinajstić information content (AvgIpc) is 3.23. The number of halogens is 2. The summed E-state index contributed by atoms with van der Waals surface area (Å²) in [6.07, 6.45) is 3.82. The number of nitrogens with one attached hydrogen (secondary N) is 3. The van der Waals surface area contributed by atoms with Gasteiger partial charge >= 0.3 is 0 Å². The number of benzene rings is 2. The number of fused-ring (bicyclic) bond motifs is 1. The van der Waals surface area contributed by atoms with Crippen LogP contribution in [0.25, 0.3) is 10.9 Å². The van der Waals surface area contributed by atoms with Crippen molar-refractivity contribution in [3.05, 3.63) is 74.8 Å². The number of rotatable bonds is 8. The molecule has 1 saturated heterocycles. The minimum absolute atomic E-state index is 0.149. The van der Waals surface area contributed by atoms with Crippen LogP contribution in [0.5, 0.6) is 0 Å². The van der Waals surface area contributed by atoms with E-state index in [1.54, 1.807) is 24.3 Å². The van der Waals surface area contributed by atoms with Gasteiger partial charge in [-0.05, 0) is 62.7 Å². The number of aromatic nitrogens is 1. The molecule has 1 aromatic heterocycles. The van der Waals surface area contributed by atoms with Gasteiger partial charge in [-0.2, -0.15) is 0 Å². The molecule has 3 aromatic rings. The number of sulfonamides is 1. The van der Waals surface area contributed by atoms with Crippen LogP contribution in [0.3, 0.4) is 0 Å². The number of amides is 1. The molecule has 2 aromatic carbocycles. The van der Waals surface area contributed by atoms with Crippen molar-refractivity contribution in [1.29, 1.82) is 0 Å². The summed E-state index contributed by atoms with van der Waals surface area (Å²) in [5.74, 6) is -1.57. The van der Waals surface area contributed by atoms with Gasteiger partial charge in [-0.15, -0.1) is 0 Å². The van der Waals surface area contributed by atoms with Crippen LogP contribution < -0.4 is 15.5 Å². The second kappa shape index (κ2) is 10.4. The molecule has 0 spiro atoms. The Labute approximate surface area is 207 Å². The number of carbonyl (C=O) groups excluding carboxylic acids is 1. The van der Waals surface area contributed by atoms with Gasteiger partial charge < -0.3 is 15.2 Å². The van der Waals surface area contributed by atoms with Crippen molar-refractivity contribution in [3.8, 4) is 0 Å². The van der Waals surface area contributed by atoms with E-state index in [0.717, 1.165) is 43.3 Å². The molecule has 0 aliphatic carbocycles. The highest BCUT2D eigenvalue weighted by Gasteiger charge is 2.23. The summed E-state index contributed by atoms with van der Waals surface area (Å²) in [6, 6.07) is 9.07. The van der Waals surface area contributed by atoms with Gasteiger partial charge in [-0.1, -0.05) is 23.7 Å². The van der Waals surface area contributed by atoms with Crippen molar-refractivity contribution in [2.24, 2.45) is 0 Å². The molecule has 1 unspecified atom stereocenters. The lowest BCUT2D eigenvalue weighted by Crippen LogP contribution is -2.32. The smallest absolute Gasteiger partial charge is 0.257 e. The monoisotopic (exact) mass is 520 g/mol. The molecule has 35 heavy (non-hydrogen) atoms. The Morgan fingerprint density at radius 3 is 2.69 bits per heavy atom. The topological polar surface area (TPSA) is 111 Å². The molecule has 186 valence electrons. The third-order valence-corrected chi connectivity index (χ3v) is 7.97. The molecule has 0 saturated carbocycles. The number of carbonyl (C=O) groups is 1. The molecule has 4 rings (SSSR count). The molecule has 1 fully saturated rings. The molecule has 1 aliphatic heterocycles. The fraction of sp³-hybridized carbons (Fsp3) is 0.333. The Balaban J connectivity index is 1.54. The standard InChI is InChI=1S/C24H26ClFN4O4S/c1-30-10-2-3-17(30)8-9-29-35(33,34)18-11-19-22(21(26)12-18)27-14-20(23(19)31)24(32)28-13-15-4-6-16(25)7-5-15/h4-7,11-12,14,17,29H,2-3,8-10,13H2,1H3,(H,27,31)(H,28,32). The Bertz CT molecular complexity index is 1410. The first-order valence-electron chi connectivity index (χ1n) is 11.2. The van der Waals surface area contributed by atoms with E-state index >= 15 is 0 Å². The molecular weight excluding hydrogens is 495 g/mol. The summed E-state index contributed by atoms with van der Waals surface area (Å²) in [5.41, 5.74) is -0.418. The fourth-order valence-corrected chi connectivity index (χ4v) is 5.46. The largest absolute Gasteiger partial charge is 0.358 e. The van der Waals surface area contributed by atoms with Crippen LogP contribution in [0, 0.1) is 5.82 Å². The van der Waals surface area contributed by atoms with E-state index in [0.29, 0.717) is 17.5 Å². The van der Waals surface area contributed by atoms with Crippen molar-refractivity contribution in [2.75, 3.05) is 20.1 Å². The highest BCUT2D eigenvalue weighted by molar-refractivity contribution is 7.89. The van der Waals surface area contributed by atoms with Gasteiger partial charge in [0.15, 0.2) is 0 Å². The zero-order valence-corrected chi connectivity index (χ0v) is 20.7. The predicted molar refractivity (Wildman–Crippen MR) is 133 cm³/mol. The van der Waals surface area contributed by atoms with Gasteiger partial charge in [0.2, 0.25) is 15.5 Å². The minimum atomic E-state index is -4.06. The maximum absolute atomic E-state index is 14.7. The molecule has 1 atom stereocenters. The van der Waals surface area contributed by atoms with Gasteiger partial charge in [0.05, 0.1) is 15.8 Å². The third kappa shape index (κ3) is 5.72. The van der Waals surface area contributed by atoms with Gasteiger partial charge in [0.25, 0.3) is 5.91 Å². The summed E-state index contributed by atoms with van der Waals surface area (Å²) in [6.45, 7) is 1.32. The quantitative estimate of drug-likeness (QED) is 0.423. The van der Waals surface area contributed by atoms with Crippen LogP contribution in [-0.2, 0) is 16.6 Å². The first kappa shape index (κ1) is 25.3. The second-order valence-electron chi connectivity index (χ2n) is 8.63. The summed E-state index contributed by atoms with van der Waals surface area (Å²) in [5, 5.41) is 2.96. The molecule has 2 heterocycles. The molecule has 0 radical (unpaired) electrons. The van der Waals surface area contributed by atoms with Crippen LogP contribution in [0.2, 0.25) is 5.02 Å². The highest BCUT2D eigenvalue weighted by atomic mass is 35.5. The van der Waals surface area contributed by atoms with Gasteiger partial charge in [-0.25, -0.2) is 17.5 Å². The lowest BCUT2D eigenvalue weighted by atomic mass is 10.1. The molecule has 1 amide bonds. The van der Waals surface area contributed by atoms with E-state index in [1.165, 1.54) is 0 Å². The van der Waals surface area contributed by atoms with Crippen LogP contribution in [-0.4, -0.2) is 50.4 Å². The van der Waals surface area contributed by atoms with Gasteiger partial charge in [0, 0.05) is 30.4 Å². The van der Waals surface area contributed by atoms with E-state index in [-0.39, 0.29) is 34.5 Å². The predicted octanol–water partition coefficient (Wildman–Crippen LogP) is 3.01. The van der Waals surface area contributed by atoms with E-state index in [2.05, 4.69) is 19.9 Å². The van der Waals surface area contributed by atoms with E-state index in [4.69, 9.17) is 11.6 Å².